The second kappa shape index (κ2) is 11.6. The van der Waals surface area contributed by atoms with Crippen LogP contribution in [-0.2, 0) is 0 Å². The van der Waals surface area contributed by atoms with Gasteiger partial charge in [0, 0.05) is 12.1 Å². The van der Waals surface area contributed by atoms with Gasteiger partial charge in [-0.2, -0.15) is 0 Å². The Morgan fingerprint density at radius 2 is 1.26 bits per heavy atom. The summed E-state index contributed by atoms with van der Waals surface area (Å²) >= 11 is 6.38. The van der Waals surface area contributed by atoms with E-state index in [2.05, 4.69) is 0 Å². The monoisotopic (exact) mass is 502 g/mol. The first kappa shape index (κ1) is 30.7. The van der Waals surface area contributed by atoms with Crippen molar-refractivity contribution in [1.29, 1.82) is 0 Å². The molecule has 2 rings (SSSR count). The summed E-state index contributed by atoms with van der Waals surface area (Å²) in [4.78, 5) is 13.5. The van der Waals surface area contributed by atoms with Crippen LogP contribution in [0.2, 0.25) is 5.02 Å². The van der Waals surface area contributed by atoms with E-state index in [0.717, 1.165) is 0 Å². The zero-order chi connectivity index (χ0) is 25.2. The molecule has 0 bridgehead atoms. The summed E-state index contributed by atoms with van der Waals surface area (Å²) < 4.78 is 24.1. The van der Waals surface area contributed by atoms with Gasteiger partial charge in [0.1, 0.15) is 39.8 Å². The Morgan fingerprint density at radius 1 is 0.794 bits per heavy atom. The topological polar surface area (TPSA) is 54.0 Å². The van der Waals surface area contributed by atoms with Gasteiger partial charge in [-0.3, -0.25) is 4.79 Å². The fraction of sp³-hybridized carbons (Fsp3) is 0.500. The molecule has 1 atom stereocenters. The molecule has 184 valence electrons. The average Bonchev–Trinajstić information content (AvgIpc) is 2.60. The van der Waals surface area contributed by atoms with Crippen LogP contribution in [0.15, 0.2) is 30.3 Å². The van der Waals surface area contributed by atoms with E-state index in [4.69, 9.17) is 30.5 Å². The molecule has 2 aromatic rings. The van der Waals surface area contributed by atoms with Crippen molar-refractivity contribution in [3.05, 3.63) is 40.9 Å². The first-order valence-electron chi connectivity index (χ1n) is 10.9. The van der Waals surface area contributed by atoms with Gasteiger partial charge in [0.15, 0.2) is 5.52 Å². The fourth-order valence-electron chi connectivity index (χ4n) is 2.99. The van der Waals surface area contributed by atoms with Gasteiger partial charge in [0.25, 0.3) is 0 Å². The summed E-state index contributed by atoms with van der Waals surface area (Å²) in [6.45, 7) is 17.7. The molecule has 0 radical (unpaired) electrons. The maximum absolute atomic E-state index is 13.5. The molecule has 0 heterocycles. The van der Waals surface area contributed by atoms with E-state index in [-0.39, 0.29) is 33.0 Å². The minimum absolute atomic E-state index is 0. The van der Waals surface area contributed by atoms with Gasteiger partial charge in [-0.15, -0.1) is 0 Å². The number of methoxy groups -OCH3 is 1. The molecule has 0 aliphatic rings. The van der Waals surface area contributed by atoms with Crippen molar-refractivity contribution in [1.82, 2.24) is 0 Å². The van der Waals surface area contributed by atoms with Gasteiger partial charge >= 0.3 is 18.9 Å². The minimum atomic E-state index is -0.496. The third-order valence-electron chi connectivity index (χ3n) is 3.96. The van der Waals surface area contributed by atoms with Crippen molar-refractivity contribution in [2.45, 2.75) is 79.1 Å². The van der Waals surface area contributed by atoms with Crippen molar-refractivity contribution in [2.24, 2.45) is 0 Å². The maximum atomic E-state index is 13.5. The van der Waals surface area contributed by atoms with Crippen LogP contribution in [0.4, 0.5) is 0 Å². The van der Waals surface area contributed by atoms with Crippen molar-refractivity contribution < 1.29 is 23.7 Å². The molecule has 8 heteroatoms. The number of carbonyl (C=O) groups excluding carboxylic acids is 1. The Morgan fingerprint density at radius 3 is 1.68 bits per heavy atom. The number of benzene rings is 2. The molecular weight excluding hydrogens is 466 g/mol. The summed E-state index contributed by atoms with van der Waals surface area (Å²) in [5.41, 5.74) is -1.23. The van der Waals surface area contributed by atoms with Gasteiger partial charge in [-0.1, -0.05) is 17.7 Å². The summed E-state index contributed by atoms with van der Waals surface area (Å²) in [5, 5.41) is 1.00. The Labute approximate surface area is 223 Å². The molecule has 0 N–H and O–H groups in total. The summed E-state index contributed by atoms with van der Waals surface area (Å²) in [6, 6.07) is 8.81. The molecule has 0 spiro atoms. The Bertz CT molecular complexity index is 967. The van der Waals surface area contributed by atoms with Gasteiger partial charge in [-0.05, 0) is 83.0 Å². The van der Waals surface area contributed by atoms with Crippen molar-refractivity contribution in [3.63, 3.8) is 0 Å². The molecule has 34 heavy (non-hydrogen) atoms. The Hall–Kier alpha value is -1.37. The van der Waals surface area contributed by atoms with Crippen molar-refractivity contribution in [2.75, 3.05) is 7.11 Å². The zero-order valence-corrected chi connectivity index (χ0v) is 23.1. The molecule has 0 saturated heterocycles. The first-order valence-corrected chi connectivity index (χ1v) is 12.3. The van der Waals surface area contributed by atoms with E-state index in [1.807, 2.05) is 74.4 Å². The SMILES string of the molecule is COc1cccc(Cl)c1C(=O)Pc1c(OC(C)(C)C)cc(OC(C)(C)C)cc1OC(C)(C)C.[LiH]. The van der Waals surface area contributed by atoms with Crippen LogP contribution < -0.4 is 24.3 Å². The number of carbonyl (C=O) groups is 1. The van der Waals surface area contributed by atoms with E-state index in [1.54, 1.807) is 18.2 Å². The molecule has 0 aromatic heterocycles. The third kappa shape index (κ3) is 9.35. The number of halogens is 1. The van der Waals surface area contributed by atoms with E-state index in [1.165, 1.54) is 7.11 Å². The molecule has 2 aromatic carbocycles. The molecule has 1 unspecified atom stereocenters. The predicted molar refractivity (Wildman–Crippen MR) is 145 cm³/mol. The quantitative estimate of drug-likeness (QED) is 0.325. The molecule has 0 amide bonds. The van der Waals surface area contributed by atoms with E-state index >= 15 is 0 Å². The number of hydrogen-bond acceptors (Lipinski definition) is 5. The summed E-state index contributed by atoms with van der Waals surface area (Å²) in [5.74, 6) is 2.13. The summed E-state index contributed by atoms with van der Waals surface area (Å²) in [7, 11) is 1.22. The van der Waals surface area contributed by atoms with E-state index < -0.39 is 16.8 Å². The van der Waals surface area contributed by atoms with E-state index in [9.17, 15) is 4.79 Å². The zero-order valence-electron chi connectivity index (χ0n) is 21.3. The standard InChI is InChI=1S/C26H36ClO5P.Li.H/c1-24(2,3)30-16-14-19(31-25(4,5)6)22(20(15-16)32-26(7,8)9)33-23(28)21-17(27)12-11-13-18(21)29-10;;/h11-15,33H,1-10H3;;. The average molecular weight is 503 g/mol. The van der Waals surface area contributed by atoms with Crippen LogP contribution in [0.5, 0.6) is 23.0 Å². The molecule has 0 saturated carbocycles. The molecule has 0 fully saturated rings. The van der Waals surface area contributed by atoms with E-state index in [0.29, 0.717) is 38.9 Å². The van der Waals surface area contributed by atoms with Gasteiger partial charge in [0.2, 0.25) is 0 Å². The Kier molecular flexibility index (Phi) is 10.4. The molecule has 5 nitrogen and oxygen atoms in total. The van der Waals surface area contributed by atoms with Crippen molar-refractivity contribution in [3.8, 4) is 23.0 Å². The summed E-state index contributed by atoms with van der Waals surface area (Å²) in [6.07, 6.45) is 0. The van der Waals surface area contributed by atoms with Crippen LogP contribution in [-0.4, -0.2) is 48.3 Å². The second-order valence-corrected chi connectivity index (χ2v) is 12.3. The van der Waals surface area contributed by atoms with Gasteiger partial charge in [-0.25, -0.2) is 0 Å². The van der Waals surface area contributed by atoms with Crippen LogP contribution in [0, 0.1) is 0 Å². The van der Waals surface area contributed by atoms with Crippen molar-refractivity contribution >= 4 is 49.9 Å². The predicted octanol–water partition coefficient (Wildman–Crippen LogP) is 6.38. The van der Waals surface area contributed by atoms with Crippen LogP contribution >= 0.6 is 20.2 Å². The van der Waals surface area contributed by atoms with Crippen LogP contribution in [0.3, 0.4) is 0 Å². The van der Waals surface area contributed by atoms with Gasteiger partial charge in [0.05, 0.1) is 23.0 Å². The normalized spacial score (nSPS) is 12.3. The number of hydrogen-bond donors (Lipinski definition) is 0. The second-order valence-electron chi connectivity index (χ2n) is 10.7. The third-order valence-corrected chi connectivity index (χ3v) is 5.49. The number of rotatable bonds is 7. The number of ether oxygens (including phenoxy) is 4. The fourth-order valence-corrected chi connectivity index (χ4v) is 4.43. The molecule has 0 aliphatic carbocycles. The first-order chi connectivity index (χ1) is 15.0. The van der Waals surface area contributed by atoms with Gasteiger partial charge < -0.3 is 18.9 Å². The van der Waals surface area contributed by atoms with Crippen LogP contribution in [0.25, 0.3) is 0 Å². The Balaban J connectivity index is 0.00000578. The molecule has 0 aliphatic heterocycles. The molecular formula is C26H37ClLiO5P. The van der Waals surface area contributed by atoms with Crippen LogP contribution in [0.1, 0.15) is 72.7 Å².